The van der Waals surface area contributed by atoms with Gasteiger partial charge in [-0.05, 0) is 19.1 Å². The van der Waals surface area contributed by atoms with E-state index >= 15 is 0 Å². The molecule has 2 aliphatic heterocycles. The van der Waals surface area contributed by atoms with Crippen LogP contribution in [0.15, 0.2) is 59.7 Å². The Hall–Kier alpha value is -2.60. The van der Waals surface area contributed by atoms with Crippen molar-refractivity contribution in [1.29, 1.82) is 0 Å². The van der Waals surface area contributed by atoms with Crippen LogP contribution in [0.3, 0.4) is 0 Å². The van der Waals surface area contributed by atoms with Gasteiger partial charge in [0.1, 0.15) is 24.4 Å². The lowest BCUT2D eigenvalue weighted by Crippen LogP contribution is -3.06. The lowest BCUT2D eigenvalue weighted by Gasteiger charge is -2.25. The summed E-state index contributed by atoms with van der Waals surface area (Å²) in [7, 11) is 0. The molecule has 3 rings (SSSR count). The number of aliphatic imine (C=N–C) groups is 1. The van der Waals surface area contributed by atoms with E-state index in [2.05, 4.69) is 4.99 Å². The summed E-state index contributed by atoms with van der Waals surface area (Å²) in [5.74, 6) is 0.745. The number of fused-ring (bicyclic) bond motifs is 1. The van der Waals surface area contributed by atoms with Gasteiger partial charge in [-0.15, -0.1) is 0 Å². The minimum atomic E-state index is -1.33. The molecule has 0 aliphatic carbocycles. The number of primary amides is 1. The molecule has 0 bridgehead atoms. The van der Waals surface area contributed by atoms with Gasteiger partial charge < -0.3 is 15.2 Å². The first-order valence-corrected chi connectivity index (χ1v) is 6.59. The van der Waals surface area contributed by atoms with Crippen molar-refractivity contribution in [3.05, 3.63) is 54.7 Å². The number of para-hydroxylation sites is 1. The zero-order chi connectivity index (χ0) is 14.9. The van der Waals surface area contributed by atoms with E-state index in [9.17, 15) is 4.79 Å². The zero-order valence-electron chi connectivity index (χ0n) is 11.6. The fraction of sp³-hybridized carbons (Fsp3) is 0.200. The Labute approximate surface area is 122 Å². The highest BCUT2D eigenvalue weighted by Crippen LogP contribution is 2.26. The Kier molecular flexibility index (Phi) is 3.23. The van der Waals surface area contributed by atoms with Crippen LogP contribution in [0.2, 0.25) is 0 Å². The van der Waals surface area contributed by atoms with E-state index in [1.807, 2.05) is 24.4 Å². The summed E-state index contributed by atoms with van der Waals surface area (Å²) in [6.07, 6.45) is 5.22. The summed E-state index contributed by atoms with van der Waals surface area (Å²) >= 11 is 0. The number of carbonyl (C=O) groups excluding carboxylic acids is 1. The van der Waals surface area contributed by atoms with Gasteiger partial charge in [0.05, 0.1) is 0 Å². The third-order valence-corrected chi connectivity index (χ3v) is 3.47. The van der Waals surface area contributed by atoms with E-state index in [0.29, 0.717) is 18.1 Å². The Balaban J connectivity index is 1.93. The number of nitrogens with zero attached hydrogens (tertiary/aromatic N) is 1. The lowest BCUT2D eigenvalue weighted by molar-refractivity contribution is -0.686. The zero-order valence-corrected chi connectivity index (χ0v) is 11.6. The van der Waals surface area contributed by atoms with E-state index in [4.69, 9.17) is 15.2 Å². The molecule has 0 saturated heterocycles. The number of hydrogen-bond acceptors (Lipinski definition) is 4. The van der Waals surface area contributed by atoms with Gasteiger partial charge in [-0.25, -0.2) is 4.90 Å². The number of amides is 1. The smallest absolute Gasteiger partial charge is 0.267 e. The monoisotopic (exact) mass is 286 g/mol. The maximum Gasteiger partial charge on any atom is 0.267 e. The Morgan fingerprint density at radius 2 is 2.19 bits per heavy atom. The molecule has 0 fully saturated rings. The van der Waals surface area contributed by atoms with Gasteiger partial charge in [0.15, 0.2) is 12.3 Å². The Bertz CT molecular complexity index is 651. The molecule has 1 amide bonds. The molecule has 0 spiro atoms. The molecule has 108 valence electrons. The second kappa shape index (κ2) is 5.06. The van der Waals surface area contributed by atoms with E-state index < -0.39 is 11.5 Å². The predicted octanol–water partition coefficient (Wildman–Crippen LogP) is -0.0508. The van der Waals surface area contributed by atoms with Gasteiger partial charge in [-0.2, -0.15) is 4.99 Å². The first-order chi connectivity index (χ1) is 10.1. The van der Waals surface area contributed by atoms with E-state index in [0.717, 1.165) is 10.7 Å². The van der Waals surface area contributed by atoms with Crippen LogP contribution in [-0.4, -0.2) is 24.0 Å². The minimum Gasteiger partial charge on any atom is -0.483 e. The second-order valence-corrected chi connectivity index (χ2v) is 4.97. The molecule has 0 aromatic heterocycles. The van der Waals surface area contributed by atoms with Crippen molar-refractivity contribution in [2.24, 2.45) is 10.7 Å². The summed E-state index contributed by atoms with van der Waals surface area (Å²) in [4.78, 5) is 17.3. The van der Waals surface area contributed by atoms with Gasteiger partial charge in [0.2, 0.25) is 11.4 Å². The Morgan fingerprint density at radius 1 is 1.43 bits per heavy atom. The first kappa shape index (κ1) is 13.4. The topological polar surface area (TPSA) is 78.3 Å². The molecule has 2 heterocycles. The van der Waals surface area contributed by atoms with Gasteiger partial charge in [-0.1, -0.05) is 18.2 Å². The summed E-state index contributed by atoms with van der Waals surface area (Å²) in [5.41, 5.74) is 4.71. The molecule has 2 atom stereocenters. The predicted molar refractivity (Wildman–Crippen MR) is 76.2 cm³/mol. The maximum absolute atomic E-state index is 11.9. The molecule has 6 nitrogen and oxygen atoms in total. The van der Waals surface area contributed by atoms with Crippen molar-refractivity contribution in [2.45, 2.75) is 12.5 Å². The van der Waals surface area contributed by atoms with Crippen molar-refractivity contribution in [1.82, 2.24) is 0 Å². The molecule has 1 aromatic rings. The highest BCUT2D eigenvalue weighted by Gasteiger charge is 2.44. The number of amidine groups is 1. The quantitative estimate of drug-likeness (QED) is 0.814. The number of rotatable bonds is 4. The van der Waals surface area contributed by atoms with Crippen molar-refractivity contribution in [2.75, 3.05) is 6.61 Å². The average Bonchev–Trinajstić information content (AvgIpc) is 2.92. The molecule has 2 unspecified atom stereocenters. The molecule has 6 heteroatoms. The van der Waals surface area contributed by atoms with Crippen molar-refractivity contribution < 1.29 is 19.2 Å². The van der Waals surface area contributed by atoms with Crippen LogP contribution in [0, 0.1) is 0 Å². The molecule has 21 heavy (non-hydrogen) atoms. The number of hydrogen-bond donors (Lipinski definition) is 2. The fourth-order valence-electron chi connectivity index (χ4n) is 2.18. The molecular weight excluding hydrogens is 270 g/mol. The number of nitrogens with two attached hydrogens (primary N) is 1. The summed E-state index contributed by atoms with van der Waals surface area (Å²) in [6, 6.07) is 9.07. The van der Waals surface area contributed by atoms with Gasteiger partial charge >= 0.3 is 0 Å². The van der Waals surface area contributed by atoms with Crippen LogP contribution in [0.4, 0.5) is 0 Å². The van der Waals surface area contributed by atoms with Crippen molar-refractivity contribution in [3.63, 3.8) is 0 Å². The third kappa shape index (κ3) is 2.41. The standard InChI is InChI=1S/C15H15N3O3/c1-15(14(16)19,21-11-5-3-2-4-6-11)12-9-18-7-8-20-10-13(18)17-12/h2-9H,10H2,1H3,(H2,16,19)/p+1. The summed E-state index contributed by atoms with van der Waals surface area (Å²) < 4.78 is 11.0. The van der Waals surface area contributed by atoms with E-state index in [1.165, 1.54) is 0 Å². The second-order valence-electron chi connectivity index (χ2n) is 4.97. The number of quaternary nitrogens is 1. The number of carbonyl (C=O) groups is 1. The van der Waals surface area contributed by atoms with Crippen molar-refractivity contribution >= 4 is 11.7 Å². The molecule has 1 aromatic carbocycles. The SMILES string of the molecule is CC(Oc1ccccc1)(C(N)=O)C1=C[NH+]2C=COCC2=N1. The van der Waals surface area contributed by atoms with Crippen LogP contribution in [-0.2, 0) is 9.53 Å². The highest BCUT2D eigenvalue weighted by atomic mass is 16.5. The molecular formula is C15H16N3O3+. The third-order valence-electron chi connectivity index (χ3n) is 3.47. The fourth-order valence-corrected chi connectivity index (χ4v) is 2.18. The van der Waals surface area contributed by atoms with Gasteiger partial charge in [0.25, 0.3) is 5.91 Å². The average molecular weight is 286 g/mol. The molecule has 3 N–H and O–H groups in total. The van der Waals surface area contributed by atoms with Crippen LogP contribution >= 0.6 is 0 Å². The van der Waals surface area contributed by atoms with Crippen LogP contribution in [0.25, 0.3) is 0 Å². The maximum atomic E-state index is 11.9. The lowest BCUT2D eigenvalue weighted by atomic mass is 10.0. The van der Waals surface area contributed by atoms with Crippen LogP contribution < -0.4 is 15.4 Å². The van der Waals surface area contributed by atoms with E-state index in [-0.39, 0.29) is 0 Å². The largest absolute Gasteiger partial charge is 0.483 e. The highest BCUT2D eigenvalue weighted by molar-refractivity contribution is 5.89. The molecule has 0 radical (unpaired) electrons. The normalized spacial score (nSPS) is 22.4. The minimum absolute atomic E-state index is 0.381. The Morgan fingerprint density at radius 3 is 2.86 bits per heavy atom. The van der Waals surface area contributed by atoms with Crippen LogP contribution in [0.5, 0.6) is 5.75 Å². The first-order valence-electron chi connectivity index (χ1n) is 6.59. The van der Waals surface area contributed by atoms with Gasteiger partial charge in [0, 0.05) is 0 Å². The van der Waals surface area contributed by atoms with Gasteiger partial charge in [-0.3, -0.25) is 4.79 Å². The summed E-state index contributed by atoms with van der Waals surface area (Å²) in [5, 5.41) is 0. The molecule has 0 saturated carbocycles. The number of benzene rings is 1. The van der Waals surface area contributed by atoms with Crippen LogP contribution in [0.1, 0.15) is 6.92 Å². The number of ether oxygens (including phenoxy) is 2. The summed E-state index contributed by atoms with van der Waals surface area (Å²) in [6.45, 7) is 2.01. The number of nitrogens with one attached hydrogen (secondary N) is 1. The van der Waals surface area contributed by atoms with Crippen molar-refractivity contribution in [3.8, 4) is 5.75 Å². The van der Waals surface area contributed by atoms with E-state index in [1.54, 1.807) is 31.5 Å². The molecule has 2 aliphatic rings.